The van der Waals surface area contributed by atoms with Crippen molar-refractivity contribution in [3.63, 3.8) is 0 Å². The second kappa shape index (κ2) is 8.72. The number of benzene rings is 1. The lowest BCUT2D eigenvalue weighted by atomic mass is 10.0. The molecular weight excluding hydrogens is 366 g/mol. The Hall–Kier alpha value is -3.42. The summed E-state index contributed by atoms with van der Waals surface area (Å²) >= 11 is 0. The molecular formula is C21H25N7O. The molecule has 2 aromatic heterocycles. The van der Waals surface area contributed by atoms with E-state index in [1.54, 1.807) is 18.6 Å². The van der Waals surface area contributed by atoms with E-state index in [-0.39, 0.29) is 18.1 Å². The summed E-state index contributed by atoms with van der Waals surface area (Å²) in [5.41, 5.74) is 0.994. The Bertz CT molecular complexity index is 920. The molecule has 0 spiro atoms. The van der Waals surface area contributed by atoms with Gasteiger partial charge in [-0.1, -0.05) is 30.3 Å². The number of carbonyl (C=O) groups excluding carboxylic acids is 1. The molecule has 0 bridgehead atoms. The summed E-state index contributed by atoms with van der Waals surface area (Å²) in [6.45, 7) is 1.63. The molecule has 0 aliphatic carbocycles. The number of rotatable bonds is 5. The van der Waals surface area contributed by atoms with E-state index < -0.39 is 0 Å². The van der Waals surface area contributed by atoms with Crippen molar-refractivity contribution < 1.29 is 4.79 Å². The Balaban J connectivity index is 1.37. The number of urea groups is 1. The first-order valence-corrected chi connectivity index (χ1v) is 9.82. The fourth-order valence-corrected chi connectivity index (χ4v) is 3.63. The zero-order valence-corrected chi connectivity index (χ0v) is 16.4. The molecule has 1 aromatic carbocycles. The quantitative estimate of drug-likeness (QED) is 0.697. The van der Waals surface area contributed by atoms with Crippen LogP contribution in [0, 0.1) is 0 Å². The average Bonchev–Trinajstić information content (AvgIpc) is 3.19. The van der Waals surface area contributed by atoms with Gasteiger partial charge in [-0.2, -0.15) is 0 Å². The molecule has 4 rings (SSSR count). The first-order valence-electron chi connectivity index (χ1n) is 9.82. The van der Waals surface area contributed by atoms with Gasteiger partial charge in [-0.15, -0.1) is 0 Å². The van der Waals surface area contributed by atoms with E-state index in [2.05, 4.69) is 30.5 Å². The standard InChI is InChI=1S/C21H25N7O/c1-27-15-12-22-19(27)18(16-6-3-2-4-7-16)26-21(29)25-17-8-13-28(14-9-17)20-23-10-5-11-24-20/h2-7,10-12,15,17-18H,8-9,13-14H2,1H3,(H2,25,26,29). The first kappa shape index (κ1) is 18.9. The third-order valence-corrected chi connectivity index (χ3v) is 5.19. The third-order valence-electron chi connectivity index (χ3n) is 5.19. The van der Waals surface area contributed by atoms with E-state index in [9.17, 15) is 4.79 Å². The molecule has 2 N–H and O–H groups in total. The average molecular weight is 391 g/mol. The van der Waals surface area contributed by atoms with Crippen molar-refractivity contribution >= 4 is 12.0 Å². The van der Waals surface area contributed by atoms with Crippen molar-refractivity contribution in [2.45, 2.75) is 24.9 Å². The SMILES string of the molecule is Cn1ccnc1C(NC(=O)NC1CCN(c2ncccn2)CC1)c1ccccc1. The maximum Gasteiger partial charge on any atom is 0.315 e. The zero-order chi connectivity index (χ0) is 20.1. The number of hydrogen-bond donors (Lipinski definition) is 2. The number of nitrogens with zero attached hydrogens (tertiary/aromatic N) is 5. The highest BCUT2D eigenvalue weighted by molar-refractivity contribution is 5.75. The summed E-state index contributed by atoms with van der Waals surface area (Å²) in [6.07, 6.45) is 8.83. The zero-order valence-electron chi connectivity index (χ0n) is 16.4. The van der Waals surface area contributed by atoms with Crippen LogP contribution >= 0.6 is 0 Å². The van der Waals surface area contributed by atoms with E-state index in [1.807, 2.05) is 54.2 Å². The van der Waals surface area contributed by atoms with E-state index in [0.29, 0.717) is 0 Å². The van der Waals surface area contributed by atoms with Gasteiger partial charge in [0.05, 0.1) is 0 Å². The summed E-state index contributed by atoms with van der Waals surface area (Å²) < 4.78 is 1.93. The van der Waals surface area contributed by atoms with Gasteiger partial charge in [0.1, 0.15) is 11.9 Å². The predicted octanol–water partition coefficient (Wildman–Crippen LogP) is 2.27. The number of piperidine rings is 1. The molecule has 3 aromatic rings. The Morgan fingerprint density at radius 1 is 1.03 bits per heavy atom. The van der Waals surface area contributed by atoms with Crippen LogP contribution in [0.25, 0.3) is 0 Å². The molecule has 1 saturated heterocycles. The molecule has 0 radical (unpaired) electrons. The van der Waals surface area contributed by atoms with Crippen LogP contribution in [0.3, 0.4) is 0 Å². The molecule has 2 amide bonds. The van der Waals surface area contributed by atoms with Crippen LogP contribution in [-0.2, 0) is 7.05 Å². The highest BCUT2D eigenvalue weighted by Crippen LogP contribution is 2.20. The monoisotopic (exact) mass is 391 g/mol. The van der Waals surface area contributed by atoms with E-state index in [1.165, 1.54) is 0 Å². The Labute approximate surface area is 170 Å². The minimum atomic E-state index is -0.311. The molecule has 8 heteroatoms. The van der Waals surface area contributed by atoms with Crippen molar-refractivity contribution in [1.82, 2.24) is 30.2 Å². The van der Waals surface area contributed by atoms with Gasteiger partial charge in [-0.3, -0.25) is 0 Å². The van der Waals surface area contributed by atoms with Gasteiger partial charge in [0.25, 0.3) is 0 Å². The van der Waals surface area contributed by atoms with Crippen molar-refractivity contribution in [3.8, 4) is 0 Å². The van der Waals surface area contributed by atoms with Crippen LogP contribution in [-0.4, -0.2) is 44.7 Å². The van der Waals surface area contributed by atoms with Gasteiger partial charge >= 0.3 is 6.03 Å². The van der Waals surface area contributed by atoms with Crippen molar-refractivity contribution in [2.24, 2.45) is 7.05 Å². The highest BCUT2D eigenvalue weighted by atomic mass is 16.2. The molecule has 29 heavy (non-hydrogen) atoms. The minimum Gasteiger partial charge on any atom is -0.341 e. The molecule has 3 heterocycles. The van der Waals surface area contributed by atoms with Crippen LogP contribution in [0.1, 0.15) is 30.3 Å². The first-order chi connectivity index (χ1) is 14.2. The second-order valence-corrected chi connectivity index (χ2v) is 7.17. The molecule has 1 atom stereocenters. The maximum absolute atomic E-state index is 12.8. The van der Waals surface area contributed by atoms with Gasteiger partial charge < -0.3 is 20.1 Å². The van der Waals surface area contributed by atoms with Crippen LogP contribution < -0.4 is 15.5 Å². The molecule has 8 nitrogen and oxygen atoms in total. The van der Waals surface area contributed by atoms with Gasteiger partial charge in [0.2, 0.25) is 5.95 Å². The Kier molecular flexibility index (Phi) is 5.69. The van der Waals surface area contributed by atoms with Crippen LogP contribution in [0.2, 0.25) is 0 Å². The van der Waals surface area contributed by atoms with Crippen LogP contribution in [0.5, 0.6) is 0 Å². The summed E-state index contributed by atoms with van der Waals surface area (Å²) in [5.74, 6) is 1.54. The van der Waals surface area contributed by atoms with Crippen LogP contribution in [0.4, 0.5) is 10.7 Å². The Morgan fingerprint density at radius 3 is 2.41 bits per heavy atom. The normalized spacial score (nSPS) is 15.7. The number of nitrogens with one attached hydrogen (secondary N) is 2. The van der Waals surface area contributed by atoms with Gasteiger partial charge in [-0.25, -0.2) is 19.7 Å². The number of aromatic nitrogens is 4. The molecule has 1 aliphatic rings. The van der Waals surface area contributed by atoms with Crippen molar-refractivity contribution in [3.05, 3.63) is 72.6 Å². The number of hydrogen-bond acceptors (Lipinski definition) is 5. The van der Waals surface area contributed by atoms with Crippen molar-refractivity contribution in [2.75, 3.05) is 18.0 Å². The number of anilines is 1. The van der Waals surface area contributed by atoms with Crippen LogP contribution in [0.15, 0.2) is 61.2 Å². The number of carbonyl (C=O) groups is 1. The molecule has 1 aliphatic heterocycles. The fraction of sp³-hybridized carbons (Fsp3) is 0.333. The Morgan fingerprint density at radius 2 is 1.76 bits per heavy atom. The highest BCUT2D eigenvalue weighted by Gasteiger charge is 2.25. The second-order valence-electron chi connectivity index (χ2n) is 7.17. The van der Waals surface area contributed by atoms with Gasteiger partial charge in [-0.05, 0) is 24.5 Å². The number of imidazole rings is 1. The lowest BCUT2D eigenvalue weighted by Gasteiger charge is -2.32. The summed E-state index contributed by atoms with van der Waals surface area (Å²) in [6, 6.07) is 11.3. The topological polar surface area (TPSA) is 88.0 Å². The fourth-order valence-electron chi connectivity index (χ4n) is 3.63. The summed E-state index contributed by atoms with van der Waals surface area (Å²) in [4.78, 5) is 27.9. The molecule has 0 saturated carbocycles. The van der Waals surface area contributed by atoms with Gasteiger partial charge in [0, 0.05) is 51.0 Å². The largest absolute Gasteiger partial charge is 0.341 e. The van der Waals surface area contributed by atoms with E-state index in [0.717, 1.165) is 43.3 Å². The maximum atomic E-state index is 12.8. The third kappa shape index (κ3) is 4.53. The molecule has 1 fully saturated rings. The summed E-state index contributed by atoms with van der Waals surface area (Å²) in [7, 11) is 1.93. The van der Waals surface area contributed by atoms with E-state index >= 15 is 0 Å². The number of amides is 2. The van der Waals surface area contributed by atoms with Gasteiger partial charge in [0.15, 0.2) is 0 Å². The summed E-state index contributed by atoms with van der Waals surface area (Å²) in [5, 5.41) is 6.21. The molecule has 150 valence electrons. The number of aryl methyl sites for hydroxylation is 1. The minimum absolute atomic E-state index is 0.118. The lowest BCUT2D eigenvalue weighted by Crippen LogP contribution is -2.49. The molecule has 1 unspecified atom stereocenters. The van der Waals surface area contributed by atoms with Crippen molar-refractivity contribution in [1.29, 1.82) is 0 Å². The predicted molar refractivity (Wildman–Crippen MR) is 110 cm³/mol. The lowest BCUT2D eigenvalue weighted by molar-refractivity contribution is 0.231. The van der Waals surface area contributed by atoms with E-state index in [4.69, 9.17) is 0 Å². The smallest absolute Gasteiger partial charge is 0.315 e.